The van der Waals surface area contributed by atoms with E-state index in [1.165, 1.54) is 32.4 Å². The lowest BCUT2D eigenvalue weighted by Gasteiger charge is -2.08. The van der Waals surface area contributed by atoms with Crippen LogP contribution in [0.5, 0.6) is 17.2 Å². The SMILES string of the molecule is CCOC(=O)C1=C(O)/C(=C\c2ccc([N+](=O)[O-])c(O)c2)SC1=Nc1ccc(OC)cc1OC. The number of phenolic OH excluding ortho intramolecular Hbond substituents is 1. The van der Waals surface area contributed by atoms with Gasteiger partial charge >= 0.3 is 11.7 Å². The van der Waals surface area contributed by atoms with Crippen LogP contribution in [0.2, 0.25) is 0 Å². The summed E-state index contributed by atoms with van der Waals surface area (Å²) in [4.78, 5) is 27.5. The fraction of sp³-hybridized carbons (Fsp3) is 0.182. The molecule has 0 amide bonds. The van der Waals surface area contributed by atoms with Crippen LogP contribution in [0.15, 0.2) is 57.6 Å². The van der Waals surface area contributed by atoms with Gasteiger partial charge in [0.1, 0.15) is 33.6 Å². The predicted molar refractivity (Wildman–Crippen MR) is 123 cm³/mol. The summed E-state index contributed by atoms with van der Waals surface area (Å²) >= 11 is 1.00. The lowest BCUT2D eigenvalue weighted by atomic mass is 10.1. The molecule has 172 valence electrons. The highest BCUT2D eigenvalue weighted by Gasteiger charge is 2.33. The summed E-state index contributed by atoms with van der Waals surface area (Å²) < 4.78 is 15.6. The molecule has 0 aliphatic carbocycles. The molecule has 0 saturated carbocycles. The number of phenols is 1. The number of nitrogens with zero attached hydrogens (tertiary/aromatic N) is 2. The van der Waals surface area contributed by atoms with Crippen molar-refractivity contribution in [2.75, 3.05) is 20.8 Å². The van der Waals surface area contributed by atoms with Crippen LogP contribution in [-0.2, 0) is 9.53 Å². The Morgan fingerprint density at radius 1 is 1.18 bits per heavy atom. The Morgan fingerprint density at radius 2 is 1.94 bits per heavy atom. The molecule has 33 heavy (non-hydrogen) atoms. The highest BCUT2D eigenvalue weighted by atomic mass is 32.2. The number of thioether (sulfide) groups is 1. The number of rotatable bonds is 7. The van der Waals surface area contributed by atoms with Gasteiger partial charge in [-0.1, -0.05) is 11.8 Å². The average molecular weight is 472 g/mol. The van der Waals surface area contributed by atoms with Crippen LogP contribution in [0, 0.1) is 10.1 Å². The summed E-state index contributed by atoms with van der Waals surface area (Å²) in [6.07, 6.45) is 1.47. The zero-order chi connectivity index (χ0) is 24.1. The Bertz CT molecular complexity index is 1200. The van der Waals surface area contributed by atoms with Gasteiger partial charge in [0.15, 0.2) is 5.75 Å². The highest BCUT2D eigenvalue weighted by Crippen LogP contribution is 2.42. The van der Waals surface area contributed by atoms with E-state index in [1.54, 1.807) is 25.1 Å². The molecule has 11 heteroatoms. The molecule has 0 bridgehead atoms. The van der Waals surface area contributed by atoms with Gasteiger partial charge in [0.05, 0.1) is 30.7 Å². The standard InChI is InChI=1S/C22H20N2O8S/c1-4-32-22(27)19-20(26)18(10-12-5-8-15(24(28)29)16(25)9-12)33-21(19)23-14-7-6-13(30-2)11-17(14)31-3/h5-11,25-26H,4H2,1-3H3/b18-10+,23-21?. The summed E-state index contributed by atoms with van der Waals surface area (Å²) in [5, 5.41) is 31.7. The molecular formula is C22H20N2O8S. The van der Waals surface area contributed by atoms with Crippen LogP contribution >= 0.6 is 11.8 Å². The van der Waals surface area contributed by atoms with Crippen molar-refractivity contribution in [1.29, 1.82) is 0 Å². The number of esters is 1. The lowest BCUT2D eigenvalue weighted by Crippen LogP contribution is -2.12. The van der Waals surface area contributed by atoms with Gasteiger partial charge in [-0.3, -0.25) is 10.1 Å². The van der Waals surface area contributed by atoms with Gasteiger partial charge in [-0.2, -0.15) is 0 Å². The third-order valence-electron chi connectivity index (χ3n) is 4.47. The number of aliphatic imine (C=N–C) groups is 1. The Kier molecular flexibility index (Phi) is 7.23. The molecule has 0 radical (unpaired) electrons. The van der Waals surface area contributed by atoms with E-state index < -0.39 is 22.3 Å². The van der Waals surface area contributed by atoms with Crippen LogP contribution in [0.1, 0.15) is 12.5 Å². The van der Waals surface area contributed by atoms with Crippen LogP contribution in [0.4, 0.5) is 11.4 Å². The monoisotopic (exact) mass is 472 g/mol. The van der Waals surface area contributed by atoms with E-state index in [1.807, 2.05) is 0 Å². The molecule has 2 N–H and O–H groups in total. The number of benzene rings is 2. The molecule has 0 atom stereocenters. The smallest absolute Gasteiger partial charge is 0.344 e. The summed E-state index contributed by atoms with van der Waals surface area (Å²) in [6, 6.07) is 8.68. The van der Waals surface area contributed by atoms with Crippen LogP contribution in [-0.4, -0.2) is 47.0 Å². The van der Waals surface area contributed by atoms with Crippen LogP contribution in [0.25, 0.3) is 6.08 Å². The number of nitro benzene ring substituents is 1. The zero-order valence-electron chi connectivity index (χ0n) is 17.9. The van der Waals surface area contributed by atoms with E-state index in [-0.39, 0.29) is 27.9 Å². The minimum Gasteiger partial charge on any atom is -0.506 e. The summed E-state index contributed by atoms with van der Waals surface area (Å²) in [5.41, 5.74) is 0.192. The van der Waals surface area contributed by atoms with Gasteiger partial charge in [-0.15, -0.1) is 0 Å². The molecule has 3 rings (SSSR count). The predicted octanol–water partition coefficient (Wildman–Crippen LogP) is 4.51. The minimum atomic E-state index is -0.760. The van der Waals surface area contributed by atoms with Crippen molar-refractivity contribution in [3.8, 4) is 17.2 Å². The third-order valence-corrected chi connectivity index (χ3v) is 5.49. The number of hydrogen-bond acceptors (Lipinski definition) is 10. The largest absolute Gasteiger partial charge is 0.506 e. The lowest BCUT2D eigenvalue weighted by molar-refractivity contribution is -0.385. The summed E-state index contributed by atoms with van der Waals surface area (Å²) in [5.74, 6) is -0.699. The number of methoxy groups -OCH3 is 2. The van der Waals surface area contributed by atoms with Crippen LogP contribution < -0.4 is 9.47 Å². The first-order valence-electron chi connectivity index (χ1n) is 9.57. The molecule has 2 aromatic carbocycles. The van der Waals surface area contributed by atoms with Gasteiger partial charge < -0.3 is 24.4 Å². The Balaban J connectivity index is 2.07. The van der Waals surface area contributed by atoms with Crippen molar-refractivity contribution < 1.29 is 34.1 Å². The van der Waals surface area contributed by atoms with Crippen molar-refractivity contribution in [1.82, 2.24) is 0 Å². The Hall–Kier alpha value is -3.99. The van der Waals surface area contributed by atoms with Crippen LogP contribution in [0.3, 0.4) is 0 Å². The molecule has 10 nitrogen and oxygen atoms in total. The fourth-order valence-corrected chi connectivity index (χ4v) is 3.94. The first-order chi connectivity index (χ1) is 15.8. The third kappa shape index (κ3) is 5.09. The maximum Gasteiger partial charge on any atom is 0.344 e. The van der Waals surface area contributed by atoms with E-state index in [4.69, 9.17) is 14.2 Å². The number of carbonyl (C=O) groups excluding carboxylic acids is 1. The highest BCUT2D eigenvalue weighted by molar-refractivity contribution is 8.18. The van der Waals surface area contributed by atoms with Gasteiger partial charge in [-0.25, -0.2) is 9.79 Å². The number of ether oxygens (including phenoxy) is 3. The molecule has 0 fully saturated rings. The van der Waals surface area contributed by atoms with Crippen molar-refractivity contribution in [3.63, 3.8) is 0 Å². The number of aliphatic hydroxyl groups excluding tert-OH is 1. The molecular weight excluding hydrogens is 452 g/mol. The number of nitro groups is 1. The molecule has 1 heterocycles. The molecule has 0 saturated heterocycles. The minimum absolute atomic E-state index is 0.0920. The van der Waals surface area contributed by atoms with E-state index in [0.29, 0.717) is 22.7 Å². The maximum atomic E-state index is 12.6. The fourth-order valence-electron chi connectivity index (χ4n) is 2.91. The average Bonchev–Trinajstić information content (AvgIpc) is 3.08. The second-order valence-corrected chi connectivity index (χ2v) is 7.55. The van der Waals surface area contributed by atoms with Crippen molar-refractivity contribution in [2.24, 2.45) is 4.99 Å². The first kappa shape index (κ1) is 23.7. The normalized spacial score (nSPS) is 15.7. The van der Waals surface area contributed by atoms with Crippen molar-refractivity contribution >= 4 is 40.2 Å². The molecule has 0 aromatic heterocycles. The summed E-state index contributed by atoms with van der Waals surface area (Å²) in [6.45, 7) is 1.73. The van der Waals surface area contributed by atoms with E-state index in [2.05, 4.69) is 4.99 Å². The Labute approximate surface area is 193 Å². The maximum absolute atomic E-state index is 12.6. The number of aromatic hydroxyl groups is 1. The van der Waals surface area contributed by atoms with Gasteiger partial charge in [0.2, 0.25) is 0 Å². The van der Waals surface area contributed by atoms with Crippen molar-refractivity contribution in [2.45, 2.75) is 6.92 Å². The molecule has 2 aromatic rings. The second kappa shape index (κ2) is 10.1. The molecule has 1 aliphatic heterocycles. The number of hydrogen-bond donors (Lipinski definition) is 2. The molecule has 0 unspecified atom stereocenters. The summed E-state index contributed by atoms with van der Waals surface area (Å²) in [7, 11) is 2.98. The van der Waals surface area contributed by atoms with Crippen molar-refractivity contribution in [3.05, 3.63) is 68.3 Å². The van der Waals surface area contributed by atoms with E-state index >= 15 is 0 Å². The van der Waals surface area contributed by atoms with Gasteiger partial charge in [0, 0.05) is 12.1 Å². The second-order valence-electron chi connectivity index (χ2n) is 6.51. The first-order valence-corrected chi connectivity index (χ1v) is 10.4. The zero-order valence-corrected chi connectivity index (χ0v) is 18.7. The topological polar surface area (TPSA) is 141 Å². The Morgan fingerprint density at radius 3 is 2.55 bits per heavy atom. The quantitative estimate of drug-likeness (QED) is 0.338. The number of carbonyl (C=O) groups is 1. The molecule has 1 aliphatic rings. The van der Waals surface area contributed by atoms with Gasteiger partial charge in [0.25, 0.3) is 0 Å². The van der Waals surface area contributed by atoms with Gasteiger partial charge in [-0.05, 0) is 42.8 Å². The number of aliphatic hydroxyl groups is 1. The van der Waals surface area contributed by atoms with E-state index in [9.17, 15) is 25.1 Å². The molecule has 0 spiro atoms. The van der Waals surface area contributed by atoms with E-state index in [0.717, 1.165) is 17.8 Å².